The highest BCUT2D eigenvalue weighted by atomic mass is 32.2. The van der Waals surface area contributed by atoms with Crippen LogP contribution in [0.3, 0.4) is 0 Å². The minimum absolute atomic E-state index is 0.826. The molecule has 2 aromatic heterocycles. The average Bonchev–Trinajstić information content (AvgIpc) is 3.03. The molecule has 0 saturated heterocycles. The Labute approximate surface area is 133 Å². The first-order valence-corrected chi connectivity index (χ1v) is 8.89. The van der Waals surface area contributed by atoms with Crippen LogP contribution < -0.4 is 0 Å². The predicted octanol–water partition coefficient (Wildman–Crippen LogP) is 4.71. The van der Waals surface area contributed by atoms with E-state index in [1.54, 1.807) is 11.8 Å². The van der Waals surface area contributed by atoms with Crippen LogP contribution in [0, 0.1) is 0 Å². The minimum Gasteiger partial charge on any atom is -0.231 e. The van der Waals surface area contributed by atoms with E-state index >= 15 is 0 Å². The standard InChI is InChI=1S/C17H16N2S2/c1-20-17-18-12-11-15(19-17)16-10-9-14(21-16)8-7-13-5-3-2-4-6-13/h2-6,9-12H,7-8H2,1H3. The number of benzene rings is 1. The second-order valence-electron chi connectivity index (χ2n) is 4.68. The maximum Gasteiger partial charge on any atom is 0.187 e. The number of rotatable bonds is 5. The molecule has 4 heteroatoms. The monoisotopic (exact) mass is 312 g/mol. The second-order valence-corrected chi connectivity index (χ2v) is 6.62. The highest BCUT2D eigenvalue weighted by Gasteiger charge is 2.06. The smallest absolute Gasteiger partial charge is 0.187 e. The van der Waals surface area contributed by atoms with Crippen molar-refractivity contribution < 1.29 is 0 Å². The van der Waals surface area contributed by atoms with Crippen LogP contribution >= 0.6 is 23.1 Å². The maximum atomic E-state index is 4.56. The van der Waals surface area contributed by atoms with Gasteiger partial charge in [0.15, 0.2) is 5.16 Å². The van der Waals surface area contributed by atoms with Gasteiger partial charge in [-0.1, -0.05) is 42.1 Å². The van der Waals surface area contributed by atoms with Gasteiger partial charge in [0.05, 0.1) is 10.6 Å². The maximum absolute atomic E-state index is 4.56. The number of hydrogen-bond acceptors (Lipinski definition) is 4. The van der Waals surface area contributed by atoms with E-state index in [2.05, 4.69) is 52.4 Å². The van der Waals surface area contributed by atoms with Gasteiger partial charge in [-0.3, -0.25) is 0 Å². The highest BCUT2D eigenvalue weighted by Crippen LogP contribution is 2.28. The Balaban J connectivity index is 1.71. The van der Waals surface area contributed by atoms with E-state index < -0.39 is 0 Å². The predicted molar refractivity (Wildman–Crippen MR) is 91.0 cm³/mol. The molecule has 21 heavy (non-hydrogen) atoms. The molecule has 0 N–H and O–H groups in total. The third kappa shape index (κ3) is 3.71. The third-order valence-electron chi connectivity index (χ3n) is 3.23. The Kier molecular flexibility index (Phi) is 4.68. The van der Waals surface area contributed by atoms with Gasteiger partial charge in [0.25, 0.3) is 0 Å². The SMILES string of the molecule is CSc1nccc(-c2ccc(CCc3ccccc3)s2)n1. The van der Waals surface area contributed by atoms with Gasteiger partial charge in [-0.25, -0.2) is 9.97 Å². The fraction of sp³-hybridized carbons (Fsp3) is 0.176. The minimum atomic E-state index is 0.826. The molecule has 0 amide bonds. The summed E-state index contributed by atoms with van der Waals surface area (Å²) in [6, 6.07) is 17.0. The van der Waals surface area contributed by atoms with Crippen LogP contribution in [0.25, 0.3) is 10.6 Å². The van der Waals surface area contributed by atoms with Gasteiger partial charge in [-0.2, -0.15) is 0 Å². The summed E-state index contributed by atoms with van der Waals surface area (Å²) in [4.78, 5) is 11.4. The topological polar surface area (TPSA) is 25.8 Å². The van der Waals surface area contributed by atoms with E-state index in [1.165, 1.54) is 15.3 Å². The first kappa shape index (κ1) is 14.3. The lowest BCUT2D eigenvalue weighted by Gasteiger charge is -2.00. The number of thiophene rings is 1. The van der Waals surface area contributed by atoms with Crippen LogP contribution in [0.4, 0.5) is 0 Å². The molecule has 0 spiro atoms. The van der Waals surface area contributed by atoms with E-state index in [-0.39, 0.29) is 0 Å². The van der Waals surface area contributed by atoms with E-state index in [0.29, 0.717) is 0 Å². The van der Waals surface area contributed by atoms with Gasteiger partial charge in [0.1, 0.15) is 0 Å². The molecular weight excluding hydrogens is 296 g/mol. The van der Waals surface area contributed by atoms with Crippen LogP contribution in [-0.4, -0.2) is 16.2 Å². The van der Waals surface area contributed by atoms with Crippen molar-refractivity contribution in [1.29, 1.82) is 0 Å². The Morgan fingerprint density at radius 1 is 1.00 bits per heavy atom. The molecular formula is C17H16N2S2. The summed E-state index contributed by atoms with van der Waals surface area (Å²) >= 11 is 3.40. The molecule has 0 unspecified atom stereocenters. The van der Waals surface area contributed by atoms with Crippen LogP contribution in [0.2, 0.25) is 0 Å². The molecule has 0 atom stereocenters. The van der Waals surface area contributed by atoms with Crippen LogP contribution in [0.15, 0.2) is 59.9 Å². The lowest BCUT2D eigenvalue weighted by atomic mass is 10.1. The van der Waals surface area contributed by atoms with Crippen molar-refractivity contribution in [3.05, 3.63) is 65.2 Å². The Morgan fingerprint density at radius 3 is 2.67 bits per heavy atom. The quantitative estimate of drug-likeness (QED) is 0.504. The molecule has 0 aliphatic carbocycles. The summed E-state index contributed by atoms with van der Waals surface area (Å²) in [6.07, 6.45) is 5.99. The van der Waals surface area contributed by atoms with Gasteiger partial charge >= 0.3 is 0 Å². The Hall–Kier alpha value is -1.65. The zero-order valence-electron chi connectivity index (χ0n) is 11.8. The van der Waals surface area contributed by atoms with Crippen molar-refractivity contribution in [3.8, 4) is 10.6 Å². The van der Waals surface area contributed by atoms with Crippen molar-refractivity contribution in [1.82, 2.24) is 9.97 Å². The lowest BCUT2D eigenvalue weighted by molar-refractivity contribution is 0.978. The van der Waals surface area contributed by atoms with Crippen LogP contribution in [0.1, 0.15) is 10.4 Å². The van der Waals surface area contributed by atoms with E-state index in [9.17, 15) is 0 Å². The highest BCUT2D eigenvalue weighted by molar-refractivity contribution is 7.98. The lowest BCUT2D eigenvalue weighted by Crippen LogP contribution is -1.87. The molecule has 3 rings (SSSR count). The van der Waals surface area contributed by atoms with Gasteiger partial charge in [0, 0.05) is 11.1 Å². The fourth-order valence-electron chi connectivity index (χ4n) is 2.14. The van der Waals surface area contributed by atoms with Crippen molar-refractivity contribution in [2.24, 2.45) is 0 Å². The van der Waals surface area contributed by atoms with E-state index in [0.717, 1.165) is 23.7 Å². The summed E-state index contributed by atoms with van der Waals surface area (Å²) in [7, 11) is 0. The molecule has 2 heterocycles. The molecule has 1 aromatic carbocycles. The van der Waals surface area contributed by atoms with E-state index in [4.69, 9.17) is 0 Å². The molecule has 3 aromatic rings. The molecule has 0 saturated carbocycles. The van der Waals surface area contributed by atoms with Crippen molar-refractivity contribution in [2.75, 3.05) is 6.26 Å². The molecule has 0 radical (unpaired) electrons. The zero-order valence-corrected chi connectivity index (χ0v) is 13.5. The number of nitrogens with zero attached hydrogens (tertiary/aromatic N) is 2. The van der Waals surface area contributed by atoms with Gasteiger partial charge < -0.3 is 0 Å². The second kappa shape index (κ2) is 6.87. The zero-order chi connectivity index (χ0) is 14.5. The number of aryl methyl sites for hydroxylation is 2. The Morgan fingerprint density at radius 2 is 1.86 bits per heavy atom. The summed E-state index contributed by atoms with van der Waals surface area (Å²) in [5.41, 5.74) is 2.41. The third-order valence-corrected chi connectivity index (χ3v) is 4.96. The van der Waals surface area contributed by atoms with Gasteiger partial charge in [-0.15, -0.1) is 11.3 Å². The molecule has 106 valence electrons. The molecule has 0 fully saturated rings. The van der Waals surface area contributed by atoms with Crippen molar-refractivity contribution in [2.45, 2.75) is 18.0 Å². The van der Waals surface area contributed by atoms with Gasteiger partial charge in [0.2, 0.25) is 0 Å². The molecule has 0 aliphatic heterocycles. The fourth-order valence-corrected chi connectivity index (χ4v) is 3.47. The Bertz CT molecular complexity index is 708. The summed E-state index contributed by atoms with van der Waals surface area (Å²) in [6.45, 7) is 0. The molecule has 0 bridgehead atoms. The largest absolute Gasteiger partial charge is 0.231 e. The number of aromatic nitrogens is 2. The number of thioether (sulfide) groups is 1. The van der Waals surface area contributed by atoms with Crippen molar-refractivity contribution >= 4 is 23.1 Å². The average molecular weight is 312 g/mol. The van der Waals surface area contributed by atoms with E-state index in [1.807, 2.05) is 29.9 Å². The molecule has 2 nitrogen and oxygen atoms in total. The molecule has 0 aliphatic rings. The van der Waals surface area contributed by atoms with Crippen LogP contribution in [0.5, 0.6) is 0 Å². The summed E-state index contributed by atoms with van der Waals surface area (Å²) in [5, 5.41) is 0.826. The first-order chi connectivity index (χ1) is 10.3. The number of hydrogen-bond donors (Lipinski definition) is 0. The first-order valence-electron chi connectivity index (χ1n) is 6.85. The van der Waals surface area contributed by atoms with Crippen LogP contribution in [-0.2, 0) is 12.8 Å². The summed E-state index contributed by atoms with van der Waals surface area (Å²) < 4.78 is 0. The van der Waals surface area contributed by atoms with Gasteiger partial charge in [-0.05, 0) is 42.9 Å². The normalized spacial score (nSPS) is 10.7. The van der Waals surface area contributed by atoms with Crippen molar-refractivity contribution in [3.63, 3.8) is 0 Å². The summed E-state index contributed by atoms with van der Waals surface area (Å²) in [5.74, 6) is 0.